The highest BCUT2D eigenvalue weighted by atomic mass is 16.6. The first kappa shape index (κ1) is 33.6. The van der Waals surface area contributed by atoms with Crippen molar-refractivity contribution in [2.75, 3.05) is 13.2 Å². The predicted octanol–water partition coefficient (Wildman–Crippen LogP) is 4.13. The molecule has 2 saturated heterocycles. The van der Waals surface area contributed by atoms with Crippen LogP contribution in [0.15, 0.2) is 12.7 Å². The Bertz CT molecular complexity index is 1140. The average Bonchev–Trinajstić information content (AvgIpc) is 3.55. The summed E-state index contributed by atoms with van der Waals surface area (Å²) in [5, 5.41) is 18.6. The third kappa shape index (κ3) is 7.48. The molecule has 5 aliphatic rings. The van der Waals surface area contributed by atoms with E-state index in [0.29, 0.717) is 25.2 Å². The zero-order valence-corrected chi connectivity index (χ0v) is 27.3. The first-order valence-corrected chi connectivity index (χ1v) is 17.0. The molecule has 3 saturated carbocycles. The SMILES string of the molecule is C=CC1C[C@]1(NC(=O)[C@@H]1CC(OC2CC(C3CCCCC3)NC3CCC([N+](=O)[O-])CC32)CN1C(=O)OC(C)(C)C)C(=O)OCC. The molecule has 5 fully saturated rings. The second kappa shape index (κ2) is 13.6. The minimum atomic E-state index is -1.19. The van der Waals surface area contributed by atoms with E-state index in [2.05, 4.69) is 17.2 Å². The number of rotatable bonds is 9. The molecule has 2 heterocycles. The van der Waals surface area contributed by atoms with E-state index in [0.717, 1.165) is 12.8 Å². The molecule has 0 radical (unpaired) electrons. The first-order chi connectivity index (χ1) is 21.3. The van der Waals surface area contributed by atoms with Crippen LogP contribution in [-0.2, 0) is 23.8 Å². The molecule has 45 heavy (non-hydrogen) atoms. The van der Waals surface area contributed by atoms with Crippen LogP contribution in [0.4, 0.5) is 4.79 Å². The quantitative estimate of drug-likeness (QED) is 0.166. The van der Waals surface area contributed by atoms with Crippen molar-refractivity contribution in [2.24, 2.45) is 17.8 Å². The molecule has 3 aliphatic carbocycles. The van der Waals surface area contributed by atoms with Gasteiger partial charge in [-0.15, -0.1) is 6.58 Å². The number of esters is 1. The van der Waals surface area contributed by atoms with E-state index in [1.807, 2.05) is 0 Å². The summed E-state index contributed by atoms with van der Waals surface area (Å²) >= 11 is 0. The van der Waals surface area contributed by atoms with E-state index < -0.39 is 47.3 Å². The summed E-state index contributed by atoms with van der Waals surface area (Å²) in [7, 11) is 0. The van der Waals surface area contributed by atoms with Crippen LogP contribution in [0.25, 0.3) is 0 Å². The summed E-state index contributed by atoms with van der Waals surface area (Å²) in [4.78, 5) is 53.2. The Morgan fingerprint density at radius 2 is 1.82 bits per heavy atom. The van der Waals surface area contributed by atoms with E-state index in [4.69, 9.17) is 14.2 Å². The van der Waals surface area contributed by atoms with Crippen LogP contribution in [0.1, 0.15) is 98.3 Å². The third-order valence-electron chi connectivity index (χ3n) is 10.6. The molecule has 0 aromatic rings. The van der Waals surface area contributed by atoms with E-state index >= 15 is 0 Å². The van der Waals surface area contributed by atoms with E-state index in [1.54, 1.807) is 33.8 Å². The fourth-order valence-corrected chi connectivity index (χ4v) is 8.26. The summed E-state index contributed by atoms with van der Waals surface area (Å²) in [5.74, 6) is -0.699. The molecule has 0 spiro atoms. The average molecular weight is 633 g/mol. The number of carbonyl (C=O) groups excluding carboxylic acids is 3. The lowest BCUT2D eigenvalue weighted by Gasteiger charge is -2.48. The van der Waals surface area contributed by atoms with Gasteiger partial charge in [-0.25, -0.2) is 9.59 Å². The summed E-state index contributed by atoms with van der Waals surface area (Å²) in [6.07, 6.45) is 9.48. The number of nitrogens with one attached hydrogen (secondary N) is 2. The molecule has 12 heteroatoms. The smallest absolute Gasteiger partial charge is 0.411 e. The first-order valence-electron chi connectivity index (χ1n) is 17.0. The van der Waals surface area contributed by atoms with E-state index in [1.165, 1.54) is 37.0 Å². The van der Waals surface area contributed by atoms with Crippen molar-refractivity contribution in [2.45, 2.75) is 146 Å². The molecule has 12 nitrogen and oxygen atoms in total. The molecule has 0 aromatic carbocycles. The number of nitrogens with zero attached hydrogens (tertiary/aromatic N) is 2. The van der Waals surface area contributed by atoms with E-state index in [9.17, 15) is 24.5 Å². The predicted molar refractivity (Wildman–Crippen MR) is 166 cm³/mol. The van der Waals surface area contributed by atoms with Crippen molar-refractivity contribution in [3.8, 4) is 0 Å². The van der Waals surface area contributed by atoms with Gasteiger partial charge in [0.2, 0.25) is 11.9 Å². The van der Waals surface area contributed by atoms with Crippen molar-refractivity contribution >= 4 is 18.0 Å². The van der Waals surface area contributed by atoms with E-state index in [-0.39, 0.29) is 54.5 Å². The van der Waals surface area contributed by atoms with Gasteiger partial charge >= 0.3 is 12.1 Å². The Kier molecular flexibility index (Phi) is 10.1. The molecule has 2 amide bonds. The molecule has 0 bridgehead atoms. The van der Waals surface area contributed by atoms with Crippen molar-refractivity contribution in [1.29, 1.82) is 0 Å². The number of fused-ring (bicyclic) bond motifs is 1. The maximum atomic E-state index is 13.9. The number of nitro groups is 1. The number of ether oxygens (including phenoxy) is 3. The Hall–Kier alpha value is -2.73. The van der Waals surface area contributed by atoms with Gasteiger partial charge in [0, 0.05) is 48.1 Å². The number of carbonyl (C=O) groups is 3. The molecule has 9 atom stereocenters. The standard InChI is InChI=1S/C33H52N4O8/c1-6-21-18-33(21,30(39)43-7-2)35-29(38)27-16-23(19-36(27)31(40)45-32(3,4)5)44-28-17-26(20-11-9-8-10-12-20)34-25-14-13-22(37(41)42)15-24(25)28/h6,20-28,34H,1,7-19H2,2-5H3,(H,35,38)/t21?,22?,23?,24?,25?,26?,27-,28?,33+/m0/s1. The van der Waals surface area contributed by atoms with Gasteiger partial charge in [0.25, 0.3) is 0 Å². The minimum Gasteiger partial charge on any atom is -0.464 e. The maximum Gasteiger partial charge on any atom is 0.411 e. The van der Waals surface area contributed by atoms with Crippen molar-refractivity contribution in [3.05, 3.63) is 22.8 Å². The Morgan fingerprint density at radius 1 is 1.09 bits per heavy atom. The van der Waals surface area contributed by atoms with Crippen molar-refractivity contribution in [1.82, 2.24) is 15.5 Å². The molecule has 5 rings (SSSR count). The fourth-order valence-electron chi connectivity index (χ4n) is 8.26. The summed E-state index contributed by atoms with van der Waals surface area (Å²) in [5.41, 5.74) is -1.97. The Labute approximate surface area is 266 Å². The number of hydrogen-bond donors (Lipinski definition) is 2. The molecule has 7 unspecified atom stereocenters. The van der Waals surface area contributed by atoms with Crippen LogP contribution in [0, 0.1) is 27.9 Å². The zero-order chi connectivity index (χ0) is 32.5. The fraction of sp³-hybridized carbons (Fsp3) is 0.848. The number of amides is 2. The second-order valence-electron chi connectivity index (χ2n) is 14.8. The number of likely N-dealkylation sites (tertiary alicyclic amines) is 1. The number of piperidine rings is 1. The lowest BCUT2D eigenvalue weighted by Crippen LogP contribution is -2.60. The van der Waals surface area contributed by atoms with Crippen LogP contribution < -0.4 is 10.6 Å². The van der Waals surface area contributed by atoms with Gasteiger partial charge in [0.15, 0.2) is 0 Å². The van der Waals surface area contributed by atoms with Crippen LogP contribution in [0.5, 0.6) is 0 Å². The highest BCUT2D eigenvalue weighted by Gasteiger charge is 2.62. The Morgan fingerprint density at radius 3 is 2.44 bits per heavy atom. The van der Waals surface area contributed by atoms with Gasteiger partial charge in [-0.1, -0.05) is 25.3 Å². The number of hydrogen-bond acceptors (Lipinski definition) is 9. The normalized spacial score (nSPS) is 36.8. The van der Waals surface area contributed by atoms with Gasteiger partial charge in [0.05, 0.1) is 25.4 Å². The summed E-state index contributed by atoms with van der Waals surface area (Å²) in [6, 6.07) is -1.08. The minimum absolute atomic E-state index is 0.0243. The lowest BCUT2D eigenvalue weighted by atomic mass is 9.70. The van der Waals surface area contributed by atoms with Gasteiger partial charge < -0.3 is 24.8 Å². The lowest BCUT2D eigenvalue weighted by molar-refractivity contribution is -0.529. The van der Waals surface area contributed by atoms with Crippen LogP contribution >= 0.6 is 0 Å². The molecule has 252 valence electrons. The molecule has 2 N–H and O–H groups in total. The monoisotopic (exact) mass is 632 g/mol. The molecular formula is C33H52N4O8. The van der Waals surface area contributed by atoms with Crippen LogP contribution in [0.3, 0.4) is 0 Å². The Balaban J connectivity index is 1.35. The highest BCUT2D eigenvalue weighted by Crippen LogP contribution is 2.46. The zero-order valence-electron chi connectivity index (χ0n) is 27.3. The topological polar surface area (TPSA) is 149 Å². The summed E-state index contributed by atoms with van der Waals surface area (Å²) < 4.78 is 17.8. The third-order valence-corrected chi connectivity index (χ3v) is 10.6. The molecule has 2 aliphatic heterocycles. The van der Waals surface area contributed by atoms with Gasteiger partial charge in [-0.3, -0.25) is 19.8 Å². The maximum absolute atomic E-state index is 13.9. The van der Waals surface area contributed by atoms with Gasteiger partial charge in [0.1, 0.15) is 17.2 Å². The molecular weight excluding hydrogens is 580 g/mol. The van der Waals surface area contributed by atoms with Crippen molar-refractivity contribution < 1.29 is 33.5 Å². The van der Waals surface area contributed by atoms with Gasteiger partial charge in [-0.2, -0.15) is 0 Å². The largest absolute Gasteiger partial charge is 0.464 e. The van der Waals surface area contributed by atoms with Crippen molar-refractivity contribution in [3.63, 3.8) is 0 Å². The highest BCUT2D eigenvalue weighted by molar-refractivity contribution is 5.95. The molecule has 0 aromatic heterocycles. The van der Waals surface area contributed by atoms with Crippen LogP contribution in [-0.4, -0.2) is 88.5 Å². The second-order valence-corrected chi connectivity index (χ2v) is 14.8. The van der Waals surface area contributed by atoms with Gasteiger partial charge in [-0.05, 0) is 65.7 Å². The van der Waals surface area contributed by atoms with Crippen LogP contribution in [0.2, 0.25) is 0 Å². The summed E-state index contributed by atoms with van der Waals surface area (Å²) in [6.45, 7) is 11.2.